The fraction of sp³-hybridized carbons (Fsp3) is 0.333. The Bertz CT molecular complexity index is 771. The number of aryl methyl sites for hydroxylation is 1. The number of hydrogen-bond acceptors (Lipinski definition) is 2. The minimum Gasteiger partial charge on any atom is -0.322 e. The molecule has 126 valence electrons. The third kappa shape index (κ3) is 3.58. The molecular formula is C18H17F3N2O. The molecule has 2 aromatic rings. The number of halogens is 3. The van der Waals surface area contributed by atoms with Gasteiger partial charge in [-0.1, -0.05) is 13.0 Å². The highest BCUT2D eigenvalue weighted by Crippen LogP contribution is 2.29. The number of amides is 1. The lowest BCUT2D eigenvalue weighted by atomic mass is 9.85. The van der Waals surface area contributed by atoms with Crippen LogP contribution in [-0.2, 0) is 19.0 Å². The fourth-order valence-corrected chi connectivity index (χ4v) is 2.94. The number of aromatic nitrogens is 1. The smallest absolute Gasteiger partial charge is 0.322 e. The lowest BCUT2D eigenvalue weighted by Gasteiger charge is -2.22. The first-order valence-corrected chi connectivity index (χ1v) is 7.79. The molecule has 1 heterocycles. The summed E-state index contributed by atoms with van der Waals surface area (Å²) in [6.45, 7) is 2.21. The van der Waals surface area contributed by atoms with Crippen molar-refractivity contribution in [3.63, 3.8) is 0 Å². The predicted octanol–water partition coefficient (Wildman–Crippen LogP) is 4.48. The number of pyridine rings is 1. The van der Waals surface area contributed by atoms with E-state index in [4.69, 9.17) is 0 Å². The molecule has 1 unspecified atom stereocenters. The first kappa shape index (κ1) is 16.5. The highest BCUT2D eigenvalue weighted by Gasteiger charge is 2.33. The average molecular weight is 334 g/mol. The van der Waals surface area contributed by atoms with Crippen LogP contribution in [0, 0.1) is 5.92 Å². The normalized spacial score (nSPS) is 17.2. The number of rotatable bonds is 2. The molecule has 1 atom stereocenters. The van der Waals surface area contributed by atoms with Crippen molar-refractivity contribution in [2.45, 2.75) is 32.4 Å². The number of alkyl halides is 3. The lowest BCUT2D eigenvalue weighted by molar-refractivity contribution is -0.141. The highest BCUT2D eigenvalue weighted by molar-refractivity contribution is 6.04. The van der Waals surface area contributed by atoms with Gasteiger partial charge >= 0.3 is 6.18 Å². The van der Waals surface area contributed by atoms with Crippen LogP contribution in [0.4, 0.5) is 18.9 Å². The van der Waals surface area contributed by atoms with E-state index in [1.807, 2.05) is 12.1 Å². The second kappa shape index (κ2) is 6.26. The van der Waals surface area contributed by atoms with E-state index in [1.54, 1.807) is 6.07 Å². The monoisotopic (exact) mass is 334 g/mol. The van der Waals surface area contributed by atoms with Crippen molar-refractivity contribution in [2.75, 3.05) is 5.32 Å². The van der Waals surface area contributed by atoms with Gasteiger partial charge < -0.3 is 5.32 Å². The molecule has 1 N–H and O–H groups in total. The lowest BCUT2D eigenvalue weighted by Crippen LogP contribution is -2.16. The van der Waals surface area contributed by atoms with Crippen LogP contribution in [0.15, 0.2) is 36.5 Å². The van der Waals surface area contributed by atoms with Crippen molar-refractivity contribution in [3.8, 4) is 0 Å². The van der Waals surface area contributed by atoms with E-state index in [2.05, 4.69) is 17.2 Å². The number of fused-ring (bicyclic) bond motifs is 1. The minimum absolute atomic E-state index is 0.0660. The van der Waals surface area contributed by atoms with E-state index in [1.165, 1.54) is 17.2 Å². The zero-order valence-electron chi connectivity index (χ0n) is 13.2. The van der Waals surface area contributed by atoms with Gasteiger partial charge in [-0.15, -0.1) is 0 Å². The largest absolute Gasteiger partial charge is 0.433 e. The van der Waals surface area contributed by atoms with Gasteiger partial charge in [0.2, 0.25) is 0 Å². The molecule has 1 aliphatic rings. The van der Waals surface area contributed by atoms with Crippen molar-refractivity contribution < 1.29 is 18.0 Å². The topological polar surface area (TPSA) is 42.0 Å². The van der Waals surface area contributed by atoms with Crippen molar-refractivity contribution in [1.29, 1.82) is 0 Å². The van der Waals surface area contributed by atoms with E-state index >= 15 is 0 Å². The van der Waals surface area contributed by atoms with Crippen molar-refractivity contribution in [2.24, 2.45) is 5.92 Å². The summed E-state index contributed by atoms with van der Waals surface area (Å²) in [6.07, 6.45) is -0.509. The van der Waals surface area contributed by atoms with Crippen LogP contribution < -0.4 is 5.32 Å². The van der Waals surface area contributed by atoms with Crippen molar-refractivity contribution in [3.05, 3.63) is 58.9 Å². The summed E-state index contributed by atoms with van der Waals surface area (Å²) in [5, 5.41) is 2.66. The molecule has 1 aromatic heterocycles. The van der Waals surface area contributed by atoms with Gasteiger partial charge in [-0.05, 0) is 60.6 Å². The minimum atomic E-state index is -4.57. The second-order valence-electron chi connectivity index (χ2n) is 6.21. The van der Waals surface area contributed by atoms with Crippen LogP contribution in [0.1, 0.15) is 40.5 Å². The van der Waals surface area contributed by atoms with Gasteiger partial charge in [0, 0.05) is 17.4 Å². The van der Waals surface area contributed by atoms with Crippen LogP contribution in [-0.4, -0.2) is 10.9 Å². The number of carbonyl (C=O) groups is 1. The molecule has 0 fully saturated rings. The van der Waals surface area contributed by atoms with Gasteiger partial charge in [-0.25, -0.2) is 0 Å². The second-order valence-corrected chi connectivity index (χ2v) is 6.21. The quantitative estimate of drug-likeness (QED) is 0.880. The molecule has 1 aromatic carbocycles. The number of nitrogens with one attached hydrogen (secondary N) is 1. The van der Waals surface area contributed by atoms with Gasteiger partial charge in [0.25, 0.3) is 5.91 Å². The highest BCUT2D eigenvalue weighted by atomic mass is 19.4. The Hall–Kier alpha value is -2.37. The van der Waals surface area contributed by atoms with Crippen LogP contribution in [0.3, 0.4) is 0 Å². The average Bonchev–Trinajstić information content (AvgIpc) is 2.54. The molecule has 3 rings (SSSR count). The summed E-state index contributed by atoms with van der Waals surface area (Å²) in [6, 6.07) is 7.71. The fourth-order valence-electron chi connectivity index (χ4n) is 2.94. The number of nitrogens with zero attached hydrogens (tertiary/aromatic N) is 1. The molecule has 24 heavy (non-hydrogen) atoms. The summed E-state index contributed by atoms with van der Waals surface area (Å²) < 4.78 is 38.1. The Morgan fingerprint density at radius 3 is 2.75 bits per heavy atom. The molecule has 0 saturated heterocycles. The number of benzene rings is 1. The summed E-state index contributed by atoms with van der Waals surface area (Å²) in [4.78, 5) is 15.5. The molecule has 0 aliphatic heterocycles. The predicted molar refractivity (Wildman–Crippen MR) is 84.8 cm³/mol. The van der Waals surface area contributed by atoms with E-state index in [0.717, 1.165) is 31.5 Å². The molecule has 0 bridgehead atoms. The maximum Gasteiger partial charge on any atom is 0.433 e. The Balaban J connectivity index is 1.78. The molecule has 0 spiro atoms. The molecule has 0 saturated carbocycles. The van der Waals surface area contributed by atoms with Crippen molar-refractivity contribution >= 4 is 11.6 Å². The Morgan fingerprint density at radius 2 is 2.00 bits per heavy atom. The third-order valence-corrected chi connectivity index (χ3v) is 4.25. The van der Waals surface area contributed by atoms with E-state index in [-0.39, 0.29) is 5.56 Å². The first-order valence-electron chi connectivity index (χ1n) is 7.79. The molecule has 0 radical (unpaired) electrons. The summed E-state index contributed by atoms with van der Waals surface area (Å²) in [5.74, 6) is 0.0718. The molecule has 1 amide bonds. The number of carbonyl (C=O) groups excluding carboxylic acids is 1. The molecular weight excluding hydrogens is 317 g/mol. The van der Waals surface area contributed by atoms with Crippen LogP contribution in [0.2, 0.25) is 0 Å². The van der Waals surface area contributed by atoms with E-state index in [0.29, 0.717) is 11.6 Å². The van der Waals surface area contributed by atoms with Gasteiger partial charge in [-0.2, -0.15) is 13.2 Å². The zero-order chi connectivity index (χ0) is 17.3. The number of anilines is 1. The van der Waals surface area contributed by atoms with Gasteiger partial charge in [0.05, 0.1) is 0 Å². The number of hydrogen-bond donors (Lipinski definition) is 1. The Labute approximate surface area is 137 Å². The van der Waals surface area contributed by atoms with Gasteiger partial charge in [-0.3, -0.25) is 9.78 Å². The van der Waals surface area contributed by atoms with E-state index < -0.39 is 17.8 Å². The molecule has 6 heteroatoms. The van der Waals surface area contributed by atoms with Crippen LogP contribution in [0.25, 0.3) is 0 Å². The summed E-state index contributed by atoms with van der Waals surface area (Å²) >= 11 is 0. The third-order valence-electron chi connectivity index (χ3n) is 4.25. The molecule has 1 aliphatic carbocycles. The summed E-state index contributed by atoms with van der Waals surface area (Å²) in [7, 11) is 0. The Morgan fingerprint density at radius 1 is 1.21 bits per heavy atom. The van der Waals surface area contributed by atoms with E-state index in [9.17, 15) is 18.0 Å². The van der Waals surface area contributed by atoms with Gasteiger partial charge in [0.15, 0.2) is 0 Å². The first-order chi connectivity index (χ1) is 11.3. The maximum atomic E-state index is 12.7. The standard InChI is InChI=1S/C18H17F3N2O/c1-11-2-3-13-9-15(5-4-12(13)8-11)23-17(24)14-6-7-22-16(10-14)18(19,20)21/h4-7,9-11H,2-3,8H2,1H3,(H,23,24). The van der Waals surface area contributed by atoms with Gasteiger partial charge in [0.1, 0.15) is 5.69 Å². The summed E-state index contributed by atoms with van der Waals surface area (Å²) in [5.41, 5.74) is 1.92. The SMILES string of the molecule is CC1CCc2cc(NC(=O)c3ccnc(C(F)(F)F)c3)ccc2C1. The Kier molecular flexibility index (Phi) is 4.30. The van der Waals surface area contributed by atoms with Crippen LogP contribution in [0.5, 0.6) is 0 Å². The van der Waals surface area contributed by atoms with Crippen LogP contribution >= 0.6 is 0 Å². The molecule has 3 nitrogen and oxygen atoms in total. The maximum absolute atomic E-state index is 12.7. The zero-order valence-corrected chi connectivity index (χ0v) is 13.2. The van der Waals surface area contributed by atoms with Crippen molar-refractivity contribution in [1.82, 2.24) is 4.98 Å².